The smallest absolute Gasteiger partial charge is 0.257 e. The van der Waals surface area contributed by atoms with E-state index in [0.29, 0.717) is 28.8 Å². The van der Waals surface area contributed by atoms with Gasteiger partial charge >= 0.3 is 0 Å². The number of hydrogen-bond donors (Lipinski definition) is 2. The van der Waals surface area contributed by atoms with Gasteiger partial charge in [-0.2, -0.15) is 5.10 Å². The second-order valence-corrected chi connectivity index (χ2v) is 7.55. The van der Waals surface area contributed by atoms with E-state index in [2.05, 4.69) is 15.5 Å². The molecule has 1 heterocycles. The Hall–Kier alpha value is -3.83. The summed E-state index contributed by atoms with van der Waals surface area (Å²) in [6.07, 6.45) is 0. The van der Waals surface area contributed by atoms with Gasteiger partial charge in [-0.3, -0.25) is 9.89 Å². The van der Waals surface area contributed by atoms with Gasteiger partial charge in [0.25, 0.3) is 5.91 Å². The molecule has 0 unspecified atom stereocenters. The average Bonchev–Trinajstić information content (AvgIpc) is 3.20. The van der Waals surface area contributed by atoms with Crippen LogP contribution >= 0.6 is 11.6 Å². The molecule has 1 aromatic heterocycles. The zero-order chi connectivity index (χ0) is 21.2. The topological polar surface area (TPSA) is 67.0 Å². The van der Waals surface area contributed by atoms with Gasteiger partial charge in [0.15, 0.2) is 5.82 Å². The molecule has 5 nitrogen and oxygen atoms in total. The molecule has 6 heteroatoms. The second kappa shape index (κ2) is 8.13. The highest BCUT2D eigenvalue weighted by molar-refractivity contribution is 6.31. The summed E-state index contributed by atoms with van der Waals surface area (Å²) in [5, 5.41) is 13.5. The summed E-state index contributed by atoms with van der Waals surface area (Å²) in [6, 6.07) is 26.6. The fraction of sp³-hybridized carbons (Fsp3) is 0.0400. The first-order chi connectivity index (χ1) is 15.2. The SMILES string of the molecule is O=C(Nc1n[nH]c2ccc(OCc3ccccc3Cl)cc12)c1cccc2ccccc12. The number of aromatic nitrogens is 2. The van der Waals surface area contributed by atoms with E-state index in [1.54, 1.807) is 0 Å². The average molecular weight is 428 g/mol. The van der Waals surface area contributed by atoms with Crippen molar-refractivity contribution in [2.45, 2.75) is 6.61 Å². The molecule has 0 atom stereocenters. The number of benzene rings is 4. The summed E-state index contributed by atoms with van der Waals surface area (Å²) in [7, 11) is 0. The van der Waals surface area contributed by atoms with Gasteiger partial charge in [0, 0.05) is 21.5 Å². The fourth-order valence-corrected chi connectivity index (χ4v) is 3.74. The van der Waals surface area contributed by atoms with E-state index in [4.69, 9.17) is 16.3 Å². The third-order valence-corrected chi connectivity index (χ3v) is 5.52. The van der Waals surface area contributed by atoms with Gasteiger partial charge in [0.2, 0.25) is 0 Å². The number of carbonyl (C=O) groups is 1. The van der Waals surface area contributed by atoms with Crippen molar-refractivity contribution < 1.29 is 9.53 Å². The number of nitrogens with one attached hydrogen (secondary N) is 2. The first kappa shape index (κ1) is 19.2. The zero-order valence-electron chi connectivity index (χ0n) is 16.4. The molecule has 0 saturated carbocycles. The van der Waals surface area contributed by atoms with Crippen molar-refractivity contribution in [3.63, 3.8) is 0 Å². The van der Waals surface area contributed by atoms with E-state index >= 15 is 0 Å². The predicted octanol–water partition coefficient (Wildman–Crippen LogP) is 6.20. The Morgan fingerprint density at radius 2 is 1.74 bits per heavy atom. The van der Waals surface area contributed by atoms with Gasteiger partial charge < -0.3 is 10.1 Å². The fourth-order valence-electron chi connectivity index (χ4n) is 3.55. The van der Waals surface area contributed by atoms with E-state index in [1.807, 2.05) is 84.9 Å². The summed E-state index contributed by atoms with van der Waals surface area (Å²) >= 11 is 6.21. The van der Waals surface area contributed by atoms with Crippen LogP contribution in [0, 0.1) is 0 Å². The maximum absolute atomic E-state index is 13.0. The van der Waals surface area contributed by atoms with Gasteiger partial charge in [-0.25, -0.2) is 0 Å². The standard InChI is InChI=1S/C25H18ClN3O2/c26-22-11-4-2-7-17(22)15-31-18-12-13-23-21(14-18)24(29-28-23)27-25(30)20-10-5-8-16-6-1-3-9-19(16)20/h1-14H,15H2,(H2,27,28,29,30). The number of ether oxygens (including phenoxy) is 1. The molecule has 0 aliphatic rings. The minimum absolute atomic E-state index is 0.215. The lowest BCUT2D eigenvalue weighted by Gasteiger charge is -2.09. The van der Waals surface area contributed by atoms with Crippen molar-refractivity contribution in [2.75, 3.05) is 5.32 Å². The van der Waals surface area contributed by atoms with Crippen LogP contribution in [0.15, 0.2) is 84.9 Å². The summed E-state index contributed by atoms with van der Waals surface area (Å²) < 4.78 is 5.91. The number of nitrogens with zero attached hydrogens (tertiary/aromatic N) is 1. The Bertz CT molecular complexity index is 1410. The maximum atomic E-state index is 13.0. The molecule has 1 amide bonds. The largest absolute Gasteiger partial charge is 0.489 e. The second-order valence-electron chi connectivity index (χ2n) is 7.14. The zero-order valence-corrected chi connectivity index (χ0v) is 17.2. The molecule has 2 N–H and O–H groups in total. The third kappa shape index (κ3) is 3.83. The molecular weight excluding hydrogens is 410 g/mol. The number of rotatable bonds is 5. The van der Waals surface area contributed by atoms with Crippen LogP contribution in [0.3, 0.4) is 0 Å². The van der Waals surface area contributed by atoms with Crippen molar-refractivity contribution in [1.82, 2.24) is 10.2 Å². The number of fused-ring (bicyclic) bond motifs is 2. The lowest BCUT2D eigenvalue weighted by molar-refractivity contribution is 0.102. The van der Waals surface area contributed by atoms with Crippen molar-refractivity contribution in [3.05, 3.63) is 101 Å². The summed E-state index contributed by atoms with van der Waals surface area (Å²) in [6.45, 7) is 0.348. The molecule has 0 aliphatic carbocycles. The molecule has 0 radical (unpaired) electrons. The molecule has 4 aromatic carbocycles. The van der Waals surface area contributed by atoms with Gasteiger partial charge in [-0.1, -0.05) is 66.2 Å². The molecule has 31 heavy (non-hydrogen) atoms. The summed E-state index contributed by atoms with van der Waals surface area (Å²) in [5.41, 5.74) is 2.31. The Labute approximate surface area is 183 Å². The minimum atomic E-state index is -0.215. The number of anilines is 1. The third-order valence-electron chi connectivity index (χ3n) is 5.15. The van der Waals surface area contributed by atoms with Crippen LogP contribution in [0.4, 0.5) is 5.82 Å². The number of aromatic amines is 1. The predicted molar refractivity (Wildman–Crippen MR) is 124 cm³/mol. The van der Waals surface area contributed by atoms with Crippen molar-refractivity contribution >= 4 is 45.0 Å². The first-order valence-electron chi connectivity index (χ1n) is 9.82. The normalized spacial score (nSPS) is 11.0. The molecule has 5 aromatic rings. The van der Waals surface area contributed by atoms with E-state index in [-0.39, 0.29) is 5.91 Å². The number of halogens is 1. The van der Waals surface area contributed by atoms with Crippen LogP contribution in [0.5, 0.6) is 5.75 Å². The Balaban J connectivity index is 1.40. The lowest BCUT2D eigenvalue weighted by Crippen LogP contribution is -2.12. The Morgan fingerprint density at radius 3 is 2.65 bits per heavy atom. The van der Waals surface area contributed by atoms with E-state index in [0.717, 1.165) is 27.2 Å². The van der Waals surface area contributed by atoms with Gasteiger partial charge in [0.1, 0.15) is 12.4 Å². The number of H-pyrrole nitrogens is 1. The number of carbonyl (C=O) groups excluding carboxylic acids is 1. The Kier molecular flexibility index (Phi) is 5.02. The summed E-state index contributed by atoms with van der Waals surface area (Å²) in [5.74, 6) is 0.901. The van der Waals surface area contributed by atoms with Gasteiger partial charge in [-0.15, -0.1) is 0 Å². The molecule has 0 fully saturated rings. The van der Waals surface area contributed by atoms with Gasteiger partial charge in [-0.05, 0) is 41.1 Å². The molecular formula is C25H18ClN3O2. The van der Waals surface area contributed by atoms with Crippen molar-refractivity contribution in [1.29, 1.82) is 0 Å². The van der Waals surface area contributed by atoms with Crippen LogP contribution in [0.25, 0.3) is 21.7 Å². The highest BCUT2D eigenvalue weighted by Crippen LogP contribution is 2.28. The first-order valence-corrected chi connectivity index (χ1v) is 10.2. The van der Waals surface area contributed by atoms with Crippen molar-refractivity contribution in [2.24, 2.45) is 0 Å². The molecule has 0 spiro atoms. The van der Waals surface area contributed by atoms with E-state index < -0.39 is 0 Å². The lowest BCUT2D eigenvalue weighted by atomic mass is 10.0. The van der Waals surface area contributed by atoms with Crippen LogP contribution in [-0.4, -0.2) is 16.1 Å². The number of amides is 1. The Morgan fingerprint density at radius 1 is 0.935 bits per heavy atom. The molecule has 0 aliphatic heterocycles. The van der Waals surface area contributed by atoms with Crippen LogP contribution in [0.2, 0.25) is 5.02 Å². The van der Waals surface area contributed by atoms with E-state index in [1.165, 1.54) is 0 Å². The monoisotopic (exact) mass is 427 g/mol. The minimum Gasteiger partial charge on any atom is -0.489 e. The van der Waals surface area contributed by atoms with Crippen LogP contribution in [0.1, 0.15) is 15.9 Å². The van der Waals surface area contributed by atoms with Crippen molar-refractivity contribution in [3.8, 4) is 5.75 Å². The highest BCUT2D eigenvalue weighted by atomic mass is 35.5. The highest BCUT2D eigenvalue weighted by Gasteiger charge is 2.14. The van der Waals surface area contributed by atoms with E-state index in [9.17, 15) is 4.79 Å². The molecule has 152 valence electrons. The molecule has 0 saturated heterocycles. The van der Waals surface area contributed by atoms with Crippen LogP contribution < -0.4 is 10.1 Å². The maximum Gasteiger partial charge on any atom is 0.257 e. The van der Waals surface area contributed by atoms with Gasteiger partial charge in [0.05, 0.1) is 5.52 Å². The molecule has 0 bridgehead atoms. The molecule has 5 rings (SSSR count). The number of hydrogen-bond acceptors (Lipinski definition) is 3. The van der Waals surface area contributed by atoms with Crippen LogP contribution in [-0.2, 0) is 6.61 Å². The summed E-state index contributed by atoms with van der Waals surface area (Å²) in [4.78, 5) is 13.0. The quantitative estimate of drug-likeness (QED) is 0.351.